The van der Waals surface area contributed by atoms with E-state index in [9.17, 15) is 27.7 Å². The first-order valence-corrected chi connectivity index (χ1v) is 7.20. The zero-order chi connectivity index (χ0) is 18.1. The molecular weight excluding hydrogens is 334 g/mol. The molecule has 10 heteroatoms. The van der Waals surface area contributed by atoms with Gasteiger partial charge in [-0.1, -0.05) is 0 Å². The Balaban J connectivity index is 2.25. The van der Waals surface area contributed by atoms with E-state index in [2.05, 4.69) is 0 Å². The first-order valence-electron chi connectivity index (χ1n) is 7.20. The van der Waals surface area contributed by atoms with Crippen molar-refractivity contribution >= 4 is 11.4 Å². The Kier molecular flexibility index (Phi) is 5.16. The first-order chi connectivity index (χ1) is 11.1. The van der Waals surface area contributed by atoms with Gasteiger partial charge < -0.3 is 9.64 Å². The number of nitro groups is 1. The minimum atomic E-state index is -4.30. The molecule has 134 valence electrons. The second-order valence-corrected chi connectivity index (χ2v) is 5.61. The van der Waals surface area contributed by atoms with Gasteiger partial charge in [0.1, 0.15) is 5.69 Å². The SMILES string of the molecule is COc1cc(N2CCN(CC(F)(F)F)C(C)C2)c([N+](=O)[O-])cc1F. The Labute approximate surface area is 135 Å². The molecular formula is C14H17F4N3O3. The predicted molar refractivity (Wildman–Crippen MR) is 78.9 cm³/mol. The normalized spacial score (nSPS) is 19.4. The number of benzene rings is 1. The summed E-state index contributed by atoms with van der Waals surface area (Å²) in [6.07, 6.45) is -4.30. The zero-order valence-corrected chi connectivity index (χ0v) is 13.1. The molecule has 1 aromatic rings. The fourth-order valence-electron chi connectivity index (χ4n) is 2.77. The maximum Gasteiger partial charge on any atom is 0.401 e. The number of nitrogens with zero attached hydrogens (tertiary/aromatic N) is 3. The number of methoxy groups -OCH3 is 1. The van der Waals surface area contributed by atoms with Gasteiger partial charge in [0, 0.05) is 31.7 Å². The molecule has 1 aliphatic heterocycles. The highest BCUT2D eigenvalue weighted by Gasteiger charge is 2.36. The maximum atomic E-state index is 13.7. The summed E-state index contributed by atoms with van der Waals surface area (Å²) in [5.41, 5.74) is -0.304. The topological polar surface area (TPSA) is 58.8 Å². The van der Waals surface area contributed by atoms with Gasteiger partial charge in [-0.15, -0.1) is 0 Å². The van der Waals surface area contributed by atoms with Crippen LogP contribution >= 0.6 is 0 Å². The fraction of sp³-hybridized carbons (Fsp3) is 0.571. The third-order valence-electron chi connectivity index (χ3n) is 3.93. The van der Waals surface area contributed by atoms with Gasteiger partial charge in [0.15, 0.2) is 11.6 Å². The average molecular weight is 351 g/mol. The van der Waals surface area contributed by atoms with Crippen molar-refractivity contribution in [1.82, 2.24) is 4.90 Å². The van der Waals surface area contributed by atoms with Crippen LogP contribution in [0.25, 0.3) is 0 Å². The van der Waals surface area contributed by atoms with Crippen LogP contribution in [0.15, 0.2) is 12.1 Å². The van der Waals surface area contributed by atoms with Crippen molar-refractivity contribution in [2.24, 2.45) is 0 Å². The molecule has 0 aromatic heterocycles. The van der Waals surface area contributed by atoms with E-state index in [0.717, 1.165) is 6.07 Å². The van der Waals surface area contributed by atoms with E-state index in [1.807, 2.05) is 0 Å². The van der Waals surface area contributed by atoms with Crippen LogP contribution in [0.1, 0.15) is 6.92 Å². The lowest BCUT2D eigenvalue weighted by Crippen LogP contribution is -2.54. The molecule has 1 aliphatic rings. The van der Waals surface area contributed by atoms with E-state index in [4.69, 9.17) is 4.74 Å². The summed E-state index contributed by atoms with van der Waals surface area (Å²) in [6.45, 7) is 1.00. The largest absolute Gasteiger partial charge is 0.494 e. The summed E-state index contributed by atoms with van der Waals surface area (Å²) in [4.78, 5) is 13.3. The monoisotopic (exact) mass is 351 g/mol. The van der Waals surface area contributed by atoms with Crippen LogP contribution in [0, 0.1) is 15.9 Å². The minimum absolute atomic E-state index is 0.0948. The van der Waals surface area contributed by atoms with Gasteiger partial charge in [0.05, 0.1) is 24.6 Å². The number of hydrogen-bond donors (Lipinski definition) is 0. The molecule has 0 spiro atoms. The van der Waals surface area contributed by atoms with Crippen LogP contribution in [0.4, 0.5) is 28.9 Å². The molecule has 24 heavy (non-hydrogen) atoms. The molecule has 6 nitrogen and oxygen atoms in total. The van der Waals surface area contributed by atoms with E-state index >= 15 is 0 Å². The summed E-state index contributed by atoms with van der Waals surface area (Å²) in [5, 5.41) is 11.2. The van der Waals surface area contributed by atoms with Gasteiger partial charge in [-0.3, -0.25) is 15.0 Å². The molecule has 1 unspecified atom stereocenters. The second kappa shape index (κ2) is 6.80. The van der Waals surface area contributed by atoms with Gasteiger partial charge in [0.25, 0.3) is 5.69 Å². The maximum absolute atomic E-state index is 13.7. The lowest BCUT2D eigenvalue weighted by Gasteiger charge is -2.40. The number of anilines is 1. The second-order valence-electron chi connectivity index (χ2n) is 5.61. The molecule has 0 saturated carbocycles. The van der Waals surface area contributed by atoms with Gasteiger partial charge >= 0.3 is 6.18 Å². The third-order valence-corrected chi connectivity index (χ3v) is 3.93. The standard InChI is InChI=1S/C14H17F4N3O3/c1-9-7-19(3-4-20(9)8-14(16,17)18)11-6-13(24-2)10(15)5-12(11)21(22)23/h5-6,9H,3-4,7-8H2,1-2H3. The Morgan fingerprint density at radius 1 is 1.38 bits per heavy atom. The average Bonchev–Trinajstić information content (AvgIpc) is 2.47. The number of halogens is 4. The lowest BCUT2D eigenvalue weighted by atomic mass is 10.1. The number of nitro benzene ring substituents is 1. The summed E-state index contributed by atoms with van der Waals surface area (Å²) < 4.78 is 56.2. The summed E-state index contributed by atoms with van der Waals surface area (Å²) >= 11 is 0. The molecule has 1 atom stereocenters. The Morgan fingerprint density at radius 2 is 2.04 bits per heavy atom. The van der Waals surface area contributed by atoms with Gasteiger partial charge in [-0.05, 0) is 6.92 Å². The van der Waals surface area contributed by atoms with E-state index in [1.165, 1.54) is 18.1 Å². The molecule has 0 N–H and O–H groups in total. The van der Waals surface area contributed by atoms with Crippen LogP contribution in [-0.4, -0.2) is 55.3 Å². The van der Waals surface area contributed by atoms with Crippen molar-refractivity contribution in [1.29, 1.82) is 0 Å². The zero-order valence-electron chi connectivity index (χ0n) is 13.1. The third kappa shape index (κ3) is 4.05. The predicted octanol–water partition coefficient (Wildman–Crippen LogP) is 2.82. The van der Waals surface area contributed by atoms with Crippen molar-refractivity contribution in [3.05, 3.63) is 28.1 Å². The minimum Gasteiger partial charge on any atom is -0.494 e. The molecule has 0 amide bonds. The Bertz CT molecular complexity index is 624. The van der Waals surface area contributed by atoms with Crippen LogP contribution < -0.4 is 9.64 Å². The van der Waals surface area contributed by atoms with Crippen LogP contribution in [0.5, 0.6) is 5.75 Å². The van der Waals surface area contributed by atoms with E-state index in [1.54, 1.807) is 11.8 Å². The van der Waals surface area contributed by atoms with Crippen LogP contribution in [-0.2, 0) is 0 Å². The van der Waals surface area contributed by atoms with Crippen molar-refractivity contribution in [2.75, 3.05) is 38.2 Å². The number of hydrogen-bond acceptors (Lipinski definition) is 5. The molecule has 1 heterocycles. The van der Waals surface area contributed by atoms with Crippen LogP contribution in [0.3, 0.4) is 0 Å². The fourth-order valence-corrected chi connectivity index (χ4v) is 2.77. The molecule has 2 rings (SSSR count). The van der Waals surface area contributed by atoms with Crippen molar-refractivity contribution in [3.8, 4) is 5.75 Å². The molecule has 1 fully saturated rings. The van der Waals surface area contributed by atoms with Crippen LogP contribution in [0.2, 0.25) is 0 Å². The smallest absolute Gasteiger partial charge is 0.401 e. The highest BCUT2D eigenvalue weighted by Crippen LogP contribution is 2.35. The van der Waals surface area contributed by atoms with Gasteiger partial charge in [0.2, 0.25) is 0 Å². The number of ether oxygens (including phenoxy) is 1. The van der Waals surface area contributed by atoms with Crippen molar-refractivity contribution < 1.29 is 27.2 Å². The summed E-state index contributed by atoms with van der Waals surface area (Å²) in [7, 11) is 1.23. The highest BCUT2D eigenvalue weighted by molar-refractivity contribution is 5.66. The summed E-state index contributed by atoms with van der Waals surface area (Å²) in [6, 6.07) is 1.51. The Hall–Kier alpha value is -2.10. The van der Waals surface area contributed by atoms with Crippen molar-refractivity contribution in [2.45, 2.75) is 19.1 Å². The van der Waals surface area contributed by atoms with E-state index in [0.29, 0.717) is 0 Å². The quantitative estimate of drug-likeness (QED) is 0.474. The highest BCUT2D eigenvalue weighted by atomic mass is 19.4. The first kappa shape index (κ1) is 18.2. The molecule has 0 bridgehead atoms. The number of rotatable bonds is 4. The molecule has 1 aromatic carbocycles. The van der Waals surface area contributed by atoms with E-state index < -0.39 is 35.2 Å². The number of piperazine rings is 1. The van der Waals surface area contributed by atoms with Crippen molar-refractivity contribution in [3.63, 3.8) is 0 Å². The molecule has 1 saturated heterocycles. The van der Waals surface area contributed by atoms with Gasteiger partial charge in [-0.25, -0.2) is 4.39 Å². The lowest BCUT2D eigenvalue weighted by molar-refractivity contribution is -0.384. The van der Waals surface area contributed by atoms with Gasteiger partial charge in [-0.2, -0.15) is 13.2 Å². The van der Waals surface area contributed by atoms with E-state index in [-0.39, 0.29) is 31.1 Å². The summed E-state index contributed by atoms with van der Waals surface area (Å²) in [5.74, 6) is -1.02. The molecule has 0 aliphatic carbocycles. The Morgan fingerprint density at radius 3 is 2.54 bits per heavy atom. The molecule has 0 radical (unpaired) electrons. The number of alkyl halides is 3.